The number of phenolic OH excluding ortho intramolecular Hbond substituents is 3. The smallest absolute Gasteiger partial charge is 0.160 e. The molecular formula is C28H42N2O4. The normalized spacial score (nSPS) is 15.4. The average molecular weight is 471 g/mol. The molecule has 6 heteroatoms. The van der Waals surface area contributed by atoms with Gasteiger partial charge in [0.05, 0.1) is 7.11 Å². The van der Waals surface area contributed by atoms with E-state index in [1.165, 1.54) is 31.2 Å². The Bertz CT molecular complexity index is 902. The second-order valence-electron chi connectivity index (χ2n) is 9.42. The van der Waals surface area contributed by atoms with Crippen LogP contribution in [0.4, 0.5) is 0 Å². The average Bonchev–Trinajstić information content (AvgIpc) is 2.85. The number of rotatable bonds is 14. The van der Waals surface area contributed by atoms with Crippen LogP contribution in [0.25, 0.3) is 0 Å². The molecule has 0 amide bonds. The molecule has 3 rings (SSSR count). The quantitative estimate of drug-likeness (QED) is 0.235. The molecule has 34 heavy (non-hydrogen) atoms. The van der Waals surface area contributed by atoms with Crippen molar-refractivity contribution in [2.75, 3.05) is 33.3 Å². The van der Waals surface area contributed by atoms with Gasteiger partial charge < -0.3 is 30.3 Å². The molecule has 1 aliphatic rings. The van der Waals surface area contributed by atoms with Gasteiger partial charge in [-0.05, 0) is 100 Å². The summed E-state index contributed by atoms with van der Waals surface area (Å²) in [5.41, 5.74) is 3.28. The zero-order valence-corrected chi connectivity index (χ0v) is 20.9. The summed E-state index contributed by atoms with van der Waals surface area (Å²) in [5.74, 6) is 0.793. The highest BCUT2D eigenvalue weighted by atomic mass is 16.5. The lowest BCUT2D eigenvalue weighted by Gasteiger charge is -2.35. The molecule has 6 nitrogen and oxygen atoms in total. The second kappa shape index (κ2) is 13.4. The van der Waals surface area contributed by atoms with Gasteiger partial charge in [0.1, 0.15) is 0 Å². The Kier molecular flexibility index (Phi) is 10.4. The zero-order valence-electron chi connectivity index (χ0n) is 20.9. The van der Waals surface area contributed by atoms with Crippen LogP contribution in [0.3, 0.4) is 0 Å². The Labute approximate surface area is 204 Å². The van der Waals surface area contributed by atoms with Crippen LogP contribution in [-0.4, -0.2) is 59.6 Å². The Morgan fingerprint density at radius 3 is 2.56 bits per heavy atom. The molecule has 0 heterocycles. The Morgan fingerprint density at radius 2 is 1.76 bits per heavy atom. The number of ether oxygens (including phenoxy) is 1. The number of hydrogen-bond acceptors (Lipinski definition) is 6. The van der Waals surface area contributed by atoms with Crippen molar-refractivity contribution in [3.63, 3.8) is 0 Å². The minimum Gasteiger partial charge on any atom is -0.504 e. The lowest BCUT2D eigenvalue weighted by molar-refractivity contribution is 0.175. The molecule has 1 atom stereocenters. The van der Waals surface area contributed by atoms with E-state index in [4.69, 9.17) is 4.74 Å². The van der Waals surface area contributed by atoms with Gasteiger partial charge in [-0.3, -0.25) is 0 Å². The Hall–Kier alpha value is -2.44. The molecule has 0 radical (unpaired) electrons. The molecule has 0 saturated heterocycles. The molecule has 1 aliphatic carbocycles. The van der Waals surface area contributed by atoms with Crippen LogP contribution in [0, 0.1) is 0 Å². The van der Waals surface area contributed by atoms with Crippen molar-refractivity contribution in [1.82, 2.24) is 10.2 Å². The highest BCUT2D eigenvalue weighted by molar-refractivity contribution is 5.50. The first kappa shape index (κ1) is 26.2. The fourth-order valence-corrected chi connectivity index (χ4v) is 5.03. The number of hydrogen-bond donors (Lipinski definition) is 4. The fraction of sp³-hybridized carbons (Fsp3) is 0.571. The van der Waals surface area contributed by atoms with E-state index in [1.54, 1.807) is 19.2 Å². The second-order valence-corrected chi connectivity index (χ2v) is 9.42. The van der Waals surface area contributed by atoms with Gasteiger partial charge in [-0.15, -0.1) is 0 Å². The third-order valence-corrected chi connectivity index (χ3v) is 6.95. The van der Waals surface area contributed by atoms with E-state index in [-0.39, 0.29) is 17.2 Å². The summed E-state index contributed by atoms with van der Waals surface area (Å²) in [6.45, 7) is 6.45. The largest absolute Gasteiger partial charge is 0.504 e. The van der Waals surface area contributed by atoms with E-state index in [9.17, 15) is 15.3 Å². The van der Waals surface area contributed by atoms with Crippen LogP contribution in [0.2, 0.25) is 0 Å². The lowest BCUT2D eigenvalue weighted by Crippen LogP contribution is -2.40. The molecule has 2 aromatic rings. The van der Waals surface area contributed by atoms with Gasteiger partial charge in [0.2, 0.25) is 0 Å². The van der Waals surface area contributed by atoms with Crippen LogP contribution in [0.15, 0.2) is 30.3 Å². The number of nitrogens with zero attached hydrogens (tertiary/aromatic N) is 1. The van der Waals surface area contributed by atoms with Crippen LogP contribution in [-0.2, 0) is 19.3 Å². The molecule has 0 saturated carbocycles. The molecule has 188 valence electrons. The van der Waals surface area contributed by atoms with Crippen molar-refractivity contribution in [3.8, 4) is 23.0 Å². The first-order chi connectivity index (χ1) is 16.5. The third kappa shape index (κ3) is 7.28. The number of methoxy groups -OCH3 is 1. The van der Waals surface area contributed by atoms with Crippen LogP contribution >= 0.6 is 0 Å². The van der Waals surface area contributed by atoms with Crippen molar-refractivity contribution in [1.29, 1.82) is 0 Å². The predicted molar refractivity (Wildman–Crippen MR) is 137 cm³/mol. The molecule has 0 fully saturated rings. The van der Waals surface area contributed by atoms with Gasteiger partial charge in [-0.25, -0.2) is 0 Å². The molecule has 4 N–H and O–H groups in total. The number of fused-ring (bicyclic) bond motifs is 1. The van der Waals surface area contributed by atoms with E-state index >= 15 is 0 Å². The molecule has 0 spiro atoms. The first-order valence-corrected chi connectivity index (χ1v) is 12.9. The van der Waals surface area contributed by atoms with E-state index in [0.29, 0.717) is 11.8 Å². The minimum atomic E-state index is -0.00214. The number of aromatic hydroxyl groups is 3. The summed E-state index contributed by atoms with van der Waals surface area (Å²) < 4.78 is 5.17. The summed E-state index contributed by atoms with van der Waals surface area (Å²) >= 11 is 0. The van der Waals surface area contributed by atoms with Crippen molar-refractivity contribution >= 4 is 0 Å². The number of nitrogens with one attached hydrogen (secondary N) is 1. The predicted octanol–water partition coefficient (Wildman–Crippen LogP) is 4.77. The standard InChI is InChI=1S/C28H42N2O4/c1-3-17-30(23-10-11-24-22(20-23)9-13-26(32)28(24)33)18-7-5-4-6-15-29-16-14-21-8-12-25(31)27(19-21)34-2/h8-9,12-13,19,23,29,31-33H,3-7,10-11,14-18,20H2,1-2H3/t23-/m0/s1. The number of unbranched alkanes of at least 4 members (excludes halogenated alkanes) is 3. The summed E-state index contributed by atoms with van der Waals surface area (Å²) in [6.07, 6.45) is 9.80. The Balaban J connectivity index is 1.30. The highest BCUT2D eigenvalue weighted by Gasteiger charge is 2.26. The summed E-state index contributed by atoms with van der Waals surface area (Å²) in [7, 11) is 1.57. The van der Waals surface area contributed by atoms with Crippen LogP contribution in [0.1, 0.15) is 62.1 Å². The minimum absolute atomic E-state index is 0.00214. The highest BCUT2D eigenvalue weighted by Crippen LogP contribution is 2.36. The zero-order chi connectivity index (χ0) is 24.3. The van der Waals surface area contributed by atoms with Gasteiger partial charge in [-0.2, -0.15) is 0 Å². The van der Waals surface area contributed by atoms with Gasteiger partial charge in [0, 0.05) is 11.6 Å². The van der Waals surface area contributed by atoms with E-state index in [1.807, 2.05) is 18.2 Å². The van der Waals surface area contributed by atoms with E-state index in [0.717, 1.165) is 69.4 Å². The lowest BCUT2D eigenvalue weighted by atomic mass is 9.86. The van der Waals surface area contributed by atoms with E-state index in [2.05, 4.69) is 17.1 Å². The van der Waals surface area contributed by atoms with Gasteiger partial charge in [0.15, 0.2) is 23.0 Å². The first-order valence-electron chi connectivity index (χ1n) is 12.9. The maximum Gasteiger partial charge on any atom is 0.160 e. The van der Waals surface area contributed by atoms with Crippen LogP contribution < -0.4 is 10.1 Å². The monoisotopic (exact) mass is 470 g/mol. The number of phenols is 3. The molecule has 2 aromatic carbocycles. The fourth-order valence-electron chi connectivity index (χ4n) is 5.03. The van der Waals surface area contributed by atoms with Crippen molar-refractivity contribution in [3.05, 3.63) is 47.0 Å². The van der Waals surface area contributed by atoms with Gasteiger partial charge >= 0.3 is 0 Å². The van der Waals surface area contributed by atoms with E-state index < -0.39 is 0 Å². The topological polar surface area (TPSA) is 85.2 Å². The van der Waals surface area contributed by atoms with Crippen molar-refractivity contribution < 1.29 is 20.1 Å². The van der Waals surface area contributed by atoms with Crippen molar-refractivity contribution in [2.45, 2.75) is 70.8 Å². The Morgan fingerprint density at radius 1 is 0.971 bits per heavy atom. The van der Waals surface area contributed by atoms with Crippen molar-refractivity contribution in [2.24, 2.45) is 0 Å². The maximum absolute atomic E-state index is 10.2. The van der Waals surface area contributed by atoms with Crippen LogP contribution in [0.5, 0.6) is 23.0 Å². The summed E-state index contributed by atoms with van der Waals surface area (Å²) in [4.78, 5) is 2.64. The summed E-state index contributed by atoms with van der Waals surface area (Å²) in [6, 6.07) is 9.66. The molecule has 0 bridgehead atoms. The molecule has 0 aliphatic heterocycles. The van der Waals surface area contributed by atoms with Gasteiger partial charge in [0.25, 0.3) is 0 Å². The summed E-state index contributed by atoms with van der Waals surface area (Å²) in [5, 5.41) is 33.1. The molecular weight excluding hydrogens is 428 g/mol. The number of benzene rings is 2. The maximum atomic E-state index is 10.2. The third-order valence-electron chi connectivity index (χ3n) is 6.95. The van der Waals surface area contributed by atoms with Gasteiger partial charge in [-0.1, -0.05) is 31.9 Å². The molecule has 0 unspecified atom stereocenters. The molecule has 0 aromatic heterocycles. The SMILES string of the molecule is CCCN(CCCCCCNCCc1ccc(O)c(OC)c1)[C@H]1CCc2c(ccc(O)c2O)C1.